The lowest BCUT2D eigenvalue weighted by Crippen LogP contribution is -2.71. The summed E-state index contributed by atoms with van der Waals surface area (Å²) in [7, 11) is 0. The normalized spacial score (nSPS) is 26.4. The zero-order valence-electron chi connectivity index (χ0n) is 23.7. The van der Waals surface area contributed by atoms with Gasteiger partial charge in [0.1, 0.15) is 6.23 Å². The fraction of sp³-hybridized carbons (Fsp3) is 0.353. The van der Waals surface area contributed by atoms with Gasteiger partial charge in [-0.05, 0) is 53.6 Å². The number of anilines is 1. The highest BCUT2D eigenvalue weighted by atomic mass is 16.5. The minimum absolute atomic E-state index is 0.142. The Morgan fingerprint density at radius 2 is 1.73 bits per heavy atom. The van der Waals surface area contributed by atoms with E-state index in [2.05, 4.69) is 54.6 Å². The first-order chi connectivity index (χ1) is 19.8. The van der Waals surface area contributed by atoms with Gasteiger partial charge in [-0.15, -0.1) is 0 Å². The Morgan fingerprint density at radius 3 is 2.54 bits per heavy atom. The van der Waals surface area contributed by atoms with Crippen molar-refractivity contribution in [2.24, 2.45) is 5.41 Å². The number of aromatic nitrogens is 1. The van der Waals surface area contributed by atoms with E-state index in [4.69, 9.17) is 4.74 Å². The summed E-state index contributed by atoms with van der Waals surface area (Å²) in [5.74, 6) is -0.294. The standard InChI is InChI=1S/C34H36N4O3/c1-32(2,3)29-34(30(40)35-19-17-23-21-36-26-15-9-7-13-24(23)26)33(25-14-8-10-16-27(25)37-31(33)41-29)18-20-38(34)28(39)22-11-5-4-6-12-22/h4-16,21,29,31,36-37H,17-20H2,1-3H3,(H,35,40)/t29-,31+,33+,34-/m1/s1. The molecule has 4 aromatic rings. The van der Waals surface area contributed by atoms with Crippen LogP contribution in [0.5, 0.6) is 0 Å². The number of hydrogen-bond acceptors (Lipinski definition) is 4. The Hall–Kier alpha value is -4.10. The summed E-state index contributed by atoms with van der Waals surface area (Å²) in [5.41, 5.74) is 2.42. The van der Waals surface area contributed by atoms with E-state index in [9.17, 15) is 9.59 Å². The van der Waals surface area contributed by atoms with Crippen LogP contribution in [0.3, 0.4) is 0 Å². The Labute approximate surface area is 240 Å². The third kappa shape index (κ3) is 3.54. The van der Waals surface area contributed by atoms with E-state index in [1.165, 1.54) is 0 Å². The number of H-pyrrole nitrogens is 1. The number of carbonyl (C=O) groups is 2. The summed E-state index contributed by atoms with van der Waals surface area (Å²) < 4.78 is 6.87. The molecule has 3 N–H and O–H groups in total. The van der Waals surface area contributed by atoms with Gasteiger partial charge in [-0.1, -0.05) is 75.4 Å². The number of rotatable bonds is 5. The largest absolute Gasteiger partial charge is 0.361 e. The number of para-hydroxylation sites is 2. The van der Waals surface area contributed by atoms with E-state index in [1.807, 2.05) is 71.8 Å². The molecule has 0 unspecified atom stereocenters. The maximum atomic E-state index is 15.0. The van der Waals surface area contributed by atoms with Crippen molar-refractivity contribution in [1.29, 1.82) is 0 Å². The van der Waals surface area contributed by atoms with Gasteiger partial charge in [-0.3, -0.25) is 9.59 Å². The summed E-state index contributed by atoms with van der Waals surface area (Å²) in [5, 5.41) is 8.06. The summed E-state index contributed by atoms with van der Waals surface area (Å²) in [6, 6.07) is 25.6. The third-order valence-electron chi connectivity index (χ3n) is 9.38. The average molecular weight is 549 g/mol. The monoisotopic (exact) mass is 548 g/mol. The van der Waals surface area contributed by atoms with Gasteiger partial charge in [0.15, 0.2) is 5.54 Å². The number of likely N-dealkylation sites (tertiary alicyclic amines) is 1. The molecular formula is C34H36N4O3. The highest BCUT2D eigenvalue weighted by Gasteiger charge is 2.80. The molecule has 7 rings (SSSR count). The van der Waals surface area contributed by atoms with Crippen molar-refractivity contribution in [1.82, 2.24) is 15.2 Å². The molecule has 4 atom stereocenters. The molecule has 2 amide bonds. The predicted molar refractivity (Wildman–Crippen MR) is 160 cm³/mol. The molecule has 4 heterocycles. The summed E-state index contributed by atoms with van der Waals surface area (Å²) in [6.45, 7) is 7.21. The molecule has 1 aromatic heterocycles. The molecule has 0 saturated carbocycles. The second-order valence-electron chi connectivity index (χ2n) is 12.6. The molecule has 2 saturated heterocycles. The van der Waals surface area contributed by atoms with Crippen molar-refractivity contribution >= 4 is 28.4 Å². The SMILES string of the molecule is CC(C)(C)[C@H]1O[C@@H]2Nc3ccccc3[C@@]23CCN(C(=O)c2ccccc2)[C@@]13C(=O)NCCc1c[nH]c2ccccc12. The minimum atomic E-state index is -1.25. The molecule has 7 heteroatoms. The van der Waals surface area contributed by atoms with Crippen LogP contribution in [0.25, 0.3) is 10.9 Å². The van der Waals surface area contributed by atoms with Gasteiger partial charge in [0, 0.05) is 41.4 Å². The summed E-state index contributed by atoms with van der Waals surface area (Å²) >= 11 is 0. The van der Waals surface area contributed by atoms with Gasteiger partial charge in [0.05, 0.1) is 11.5 Å². The van der Waals surface area contributed by atoms with Crippen molar-refractivity contribution in [3.05, 3.63) is 102 Å². The van der Waals surface area contributed by atoms with Crippen molar-refractivity contribution in [2.45, 2.75) is 56.9 Å². The number of aromatic amines is 1. The second-order valence-corrected chi connectivity index (χ2v) is 12.6. The molecule has 1 spiro atoms. The molecule has 3 aliphatic heterocycles. The number of nitrogens with one attached hydrogen (secondary N) is 3. The highest BCUT2D eigenvalue weighted by Crippen LogP contribution is 2.65. The Morgan fingerprint density at radius 1 is 1.00 bits per heavy atom. The lowest BCUT2D eigenvalue weighted by Gasteiger charge is -2.48. The minimum Gasteiger partial charge on any atom is -0.361 e. The topological polar surface area (TPSA) is 86.5 Å². The molecule has 210 valence electrons. The fourth-order valence-electron chi connectivity index (χ4n) is 7.79. The molecule has 3 aromatic carbocycles. The van der Waals surface area contributed by atoms with Crippen LogP contribution in [0, 0.1) is 5.41 Å². The van der Waals surface area contributed by atoms with E-state index in [0.717, 1.165) is 27.7 Å². The van der Waals surface area contributed by atoms with Crippen molar-refractivity contribution in [2.75, 3.05) is 18.4 Å². The van der Waals surface area contributed by atoms with E-state index >= 15 is 0 Å². The van der Waals surface area contributed by atoms with E-state index in [1.54, 1.807) is 0 Å². The van der Waals surface area contributed by atoms with Crippen molar-refractivity contribution in [3.8, 4) is 0 Å². The first kappa shape index (κ1) is 25.8. The molecule has 7 nitrogen and oxygen atoms in total. The third-order valence-corrected chi connectivity index (χ3v) is 9.38. The Bertz CT molecular complexity index is 1640. The number of fused-ring (bicyclic) bond motifs is 2. The number of benzene rings is 3. The molecule has 0 radical (unpaired) electrons. The molecule has 0 bridgehead atoms. The highest BCUT2D eigenvalue weighted by molar-refractivity contribution is 6.02. The zero-order valence-corrected chi connectivity index (χ0v) is 23.7. The van der Waals surface area contributed by atoms with Gasteiger partial charge in [-0.25, -0.2) is 0 Å². The van der Waals surface area contributed by atoms with Crippen molar-refractivity contribution < 1.29 is 14.3 Å². The first-order valence-electron chi connectivity index (χ1n) is 14.5. The number of hydrogen-bond donors (Lipinski definition) is 3. The fourth-order valence-corrected chi connectivity index (χ4v) is 7.79. The number of ether oxygens (including phenoxy) is 1. The second kappa shape index (κ2) is 9.21. The quantitative estimate of drug-likeness (QED) is 0.318. The van der Waals surface area contributed by atoms with Crippen LogP contribution in [0.1, 0.15) is 48.7 Å². The van der Waals surface area contributed by atoms with E-state index in [0.29, 0.717) is 31.5 Å². The Balaban J connectivity index is 1.33. The molecule has 41 heavy (non-hydrogen) atoms. The smallest absolute Gasteiger partial charge is 0.254 e. The Kier molecular flexibility index (Phi) is 5.81. The molecule has 3 aliphatic rings. The van der Waals surface area contributed by atoms with Gasteiger partial charge in [0.25, 0.3) is 5.91 Å². The molecule has 0 aliphatic carbocycles. The van der Waals surface area contributed by atoms with Crippen LogP contribution in [0.2, 0.25) is 0 Å². The van der Waals surface area contributed by atoms with Crippen LogP contribution >= 0.6 is 0 Å². The van der Waals surface area contributed by atoms with Crippen LogP contribution in [-0.2, 0) is 21.4 Å². The van der Waals surface area contributed by atoms with Crippen molar-refractivity contribution in [3.63, 3.8) is 0 Å². The molecule has 2 fully saturated rings. The van der Waals surface area contributed by atoms with E-state index < -0.39 is 28.7 Å². The van der Waals surface area contributed by atoms with Gasteiger partial charge in [0.2, 0.25) is 5.91 Å². The number of carbonyl (C=O) groups excluding carboxylic acids is 2. The lowest BCUT2D eigenvalue weighted by molar-refractivity contribution is -0.141. The maximum absolute atomic E-state index is 15.0. The predicted octanol–water partition coefficient (Wildman–Crippen LogP) is 5.25. The maximum Gasteiger partial charge on any atom is 0.254 e. The first-order valence-corrected chi connectivity index (χ1v) is 14.5. The van der Waals surface area contributed by atoms with Crippen LogP contribution in [0.4, 0.5) is 5.69 Å². The van der Waals surface area contributed by atoms with Gasteiger partial charge in [-0.2, -0.15) is 0 Å². The van der Waals surface area contributed by atoms with Gasteiger partial charge >= 0.3 is 0 Å². The number of nitrogens with zero attached hydrogens (tertiary/aromatic N) is 1. The molecular weight excluding hydrogens is 512 g/mol. The van der Waals surface area contributed by atoms with E-state index in [-0.39, 0.29) is 11.8 Å². The van der Waals surface area contributed by atoms with Crippen LogP contribution in [0.15, 0.2) is 85.1 Å². The lowest BCUT2D eigenvalue weighted by atomic mass is 9.60. The van der Waals surface area contributed by atoms with Crippen LogP contribution < -0.4 is 10.6 Å². The number of amides is 2. The van der Waals surface area contributed by atoms with Crippen LogP contribution in [-0.4, -0.2) is 52.7 Å². The summed E-state index contributed by atoms with van der Waals surface area (Å²) in [4.78, 5) is 34.5. The summed E-state index contributed by atoms with van der Waals surface area (Å²) in [6.07, 6.45) is 2.36. The van der Waals surface area contributed by atoms with Gasteiger partial charge < -0.3 is 25.3 Å². The zero-order chi connectivity index (χ0) is 28.4. The average Bonchev–Trinajstić information content (AvgIpc) is 3.70.